The summed E-state index contributed by atoms with van der Waals surface area (Å²) >= 11 is 1.78. The Morgan fingerprint density at radius 2 is 1.94 bits per heavy atom. The highest BCUT2D eigenvalue weighted by atomic mass is 32.2. The van der Waals surface area contributed by atoms with E-state index in [1.54, 1.807) is 18.7 Å². The first-order valence-electron chi connectivity index (χ1n) is 5.54. The molecule has 2 atom stereocenters. The summed E-state index contributed by atoms with van der Waals surface area (Å²) in [5.41, 5.74) is 0. The predicted octanol–water partition coefficient (Wildman–Crippen LogP) is 1.75. The summed E-state index contributed by atoms with van der Waals surface area (Å²) in [6.07, 6.45) is 0.332. The van der Waals surface area contributed by atoms with Crippen molar-refractivity contribution in [1.29, 1.82) is 0 Å². The van der Waals surface area contributed by atoms with Crippen molar-refractivity contribution in [1.82, 2.24) is 5.32 Å². The highest BCUT2D eigenvalue weighted by Crippen LogP contribution is 2.08. The zero-order chi connectivity index (χ0) is 12.6. The van der Waals surface area contributed by atoms with E-state index >= 15 is 0 Å². The molecule has 0 radical (unpaired) electrons. The third kappa shape index (κ3) is 8.59. The number of carbonyl (C=O) groups excluding carboxylic acids is 1. The molecule has 0 aliphatic heterocycles. The predicted molar refractivity (Wildman–Crippen MR) is 66.6 cm³/mol. The van der Waals surface area contributed by atoms with Crippen LogP contribution in [-0.2, 0) is 9.59 Å². The Bertz CT molecular complexity index is 233. The Kier molecular flexibility index (Phi) is 8.07. The number of thioether (sulfide) groups is 1. The van der Waals surface area contributed by atoms with Crippen molar-refractivity contribution in [3.05, 3.63) is 0 Å². The van der Waals surface area contributed by atoms with Crippen molar-refractivity contribution in [3.63, 3.8) is 0 Å². The van der Waals surface area contributed by atoms with Gasteiger partial charge >= 0.3 is 5.97 Å². The number of carbonyl (C=O) groups is 2. The van der Waals surface area contributed by atoms with Crippen LogP contribution in [0.1, 0.15) is 33.6 Å². The molecule has 1 amide bonds. The molecule has 16 heavy (non-hydrogen) atoms. The summed E-state index contributed by atoms with van der Waals surface area (Å²) in [5.74, 6) is 0.918. The molecule has 2 N–H and O–H groups in total. The van der Waals surface area contributed by atoms with Gasteiger partial charge in [0.15, 0.2) is 0 Å². The highest BCUT2D eigenvalue weighted by molar-refractivity contribution is 7.99. The van der Waals surface area contributed by atoms with Crippen LogP contribution in [0.25, 0.3) is 0 Å². The lowest BCUT2D eigenvalue weighted by Gasteiger charge is -2.14. The van der Waals surface area contributed by atoms with E-state index in [2.05, 4.69) is 12.2 Å². The fourth-order valence-corrected chi connectivity index (χ4v) is 2.03. The van der Waals surface area contributed by atoms with Gasteiger partial charge in [0.05, 0.1) is 0 Å². The van der Waals surface area contributed by atoms with Gasteiger partial charge in [-0.25, -0.2) is 0 Å². The smallest absolute Gasteiger partial charge is 0.303 e. The van der Waals surface area contributed by atoms with Crippen LogP contribution >= 0.6 is 11.8 Å². The molecular weight excluding hydrogens is 226 g/mol. The largest absolute Gasteiger partial charge is 0.481 e. The fourth-order valence-electron chi connectivity index (χ4n) is 1.36. The van der Waals surface area contributed by atoms with Crippen LogP contribution in [0.5, 0.6) is 0 Å². The first-order chi connectivity index (χ1) is 7.45. The molecule has 2 unspecified atom stereocenters. The second-order valence-electron chi connectivity index (χ2n) is 4.04. The Hall–Kier alpha value is -0.710. The summed E-state index contributed by atoms with van der Waals surface area (Å²) in [5, 5.41) is 11.4. The molecule has 0 aromatic rings. The minimum Gasteiger partial charge on any atom is -0.481 e. The zero-order valence-electron chi connectivity index (χ0n) is 10.2. The third-order valence-electron chi connectivity index (χ3n) is 2.04. The van der Waals surface area contributed by atoms with Gasteiger partial charge in [-0.05, 0) is 18.6 Å². The van der Waals surface area contributed by atoms with E-state index in [9.17, 15) is 9.59 Å². The molecule has 0 aromatic carbocycles. The summed E-state index contributed by atoms with van der Waals surface area (Å²) in [4.78, 5) is 21.9. The lowest BCUT2D eigenvalue weighted by Crippen LogP contribution is -2.35. The van der Waals surface area contributed by atoms with Gasteiger partial charge in [0.25, 0.3) is 0 Å². The van der Waals surface area contributed by atoms with Crippen molar-refractivity contribution in [2.24, 2.45) is 5.92 Å². The van der Waals surface area contributed by atoms with Gasteiger partial charge in [-0.15, -0.1) is 0 Å². The van der Waals surface area contributed by atoms with Crippen LogP contribution in [0.3, 0.4) is 0 Å². The van der Waals surface area contributed by atoms with Crippen molar-refractivity contribution in [2.75, 3.05) is 11.5 Å². The summed E-state index contributed by atoms with van der Waals surface area (Å²) < 4.78 is 0. The molecule has 0 saturated carbocycles. The number of amides is 1. The first-order valence-corrected chi connectivity index (χ1v) is 6.70. The molecule has 0 aromatic heterocycles. The molecule has 0 aliphatic carbocycles. The molecular formula is C11H21NO3S. The van der Waals surface area contributed by atoms with Crippen molar-refractivity contribution in [2.45, 2.75) is 39.7 Å². The lowest BCUT2D eigenvalue weighted by molar-refractivity contribution is -0.138. The topological polar surface area (TPSA) is 66.4 Å². The Labute approximate surface area is 101 Å². The highest BCUT2D eigenvalue weighted by Gasteiger charge is 2.14. The average Bonchev–Trinajstić information content (AvgIpc) is 2.12. The van der Waals surface area contributed by atoms with E-state index in [4.69, 9.17) is 5.11 Å². The number of carboxylic acids is 1. The van der Waals surface area contributed by atoms with Gasteiger partial charge in [0.1, 0.15) is 0 Å². The number of nitrogens with one attached hydrogen (secondary N) is 1. The molecule has 0 fully saturated rings. The second kappa shape index (κ2) is 8.44. The van der Waals surface area contributed by atoms with Crippen LogP contribution in [0, 0.1) is 5.92 Å². The molecule has 0 bridgehead atoms. The number of carboxylic acid groups (broad SMARTS) is 1. The minimum absolute atomic E-state index is 0.0471. The number of hydrogen-bond acceptors (Lipinski definition) is 3. The summed E-state index contributed by atoms with van der Waals surface area (Å²) in [6, 6.07) is 0.148. The van der Waals surface area contributed by atoms with Crippen molar-refractivity contribution < 1.29 is 14.7 Å². The van der Waals surface area contributed by atoms with Crippen LogP contribution < -0.4 is 5.32 Å². The van der Waals surface area contributed by atoms with Gasteiger partial charge in [-0.2, -0.15) is 11.8 Å². The van der Waals surface area contributed by atoms with Crippen LogP contribution in [0.4, 0.5) is 0 Å². The van der Waals surface area contributed by atoms with Gasteiger partial charge < -0.3 is 10.4 Å². The van der Waals surface area contributed by atoms with Gasteiger partial charge in [-0.1, -0.05) is 13.8 Å². The van der Waals surface area contributed by atoms with E-state index in [-0.39, 0.29) is 30.7 Å². The molecule has 0 rings (SSSR count). The lowest BCUT2D eigenvalue weighted by atomic mass is 10.0. The molecule has 0 aliphatic rings. The normalized spacial score (nSPS) is 14.2. The molecule has 0 saturated heterocycles. The Balaban J connectivity index is 3.76. The Morgan fingerprint density at radius 1 is 1.31 bits per heavy atom. The van der Waals surface area contributed by atoms with E-state index in [0.717, 1.165) is 11.5 Å². The zero-order valence-corrected chi connectivity index (χ0v) is 11.0. The van der Waals surface area contributed by atoms with E-state index in [1.165, 1.54) is 0 Å². The van der Waals surface area contributed by atoms with E-state index < -0.39 is 5.97 Å². The van der Waals surface area contributed by atoms with E-state index in [0.29, 0.717) is 0 Å². The monoisotopic (exact) mass is 247 g/mol. The van der Waals surface area contributed by atoms with E-state index in [1.807, 2.05) is 6.92 Å². The van der Waals surface area contributed by atoms with Gasteiger partial charge in [0, 0.05) is 24.6 Å². The SMILES string of the molecule is CCSCC(C)NC(=O)CC(C)CC(=O)O. The van der Waals surface area contributed by atoms with Gasteiger partial charge in [0.2, 0.25) is 5.91 Å². The molecule has 0 heterocycles. The molecule has 4 nitrogen and oxygen atoms in total. The second-order valence-corrected chi connectivity index (χ2v) is 5.35. The molecule has 94 valence electrons. The first kappa shape index (κ1) is 15.3. The fraction of sp³-hybridized carbons (Fsp3) is 0.818. The van der Waals surface area contributed by atoms with Gasteiger partial charge in [-0.3, -0.25) is 9.59 Å². The number of hydrogen-bond donors (Lipinski definition) is 2. The van der Waals surface area contributed by atoms with Crippen LogP contribution in [-0.4, -0.2) is 34.5 Å². The number of rotatable bonds is 8. The molecule has 0 spiro atoms. The maximum atomic E-state index is 11.5. The summed E-state index contributed by atoms with van der Waals surface area (Å²) in [6.45, 7) is 5.82. The van der Waals surface area contributed by atoms with Crippen LogP contribution in [0.2, 0.25) is 0 Å². The quantitative estimate of drug-likeness (QED) is 0.685. The number of aliphatic carboxylic acids is 1. The van der Waals surface area contributed by atoms with Crippen molar-refractivity contribution in [3.8, 4) is 0 Å². The maximum absolute atomic E-state index is 11.5. The van der Waals surface area contributed by atoms with Crippen LogP contribution in [0.15, 0.2) is 0 Å². The standard InChI is InChI=1S/C11H21NO3S/c1-4-16-7-9(3)12-10(13)5-8(2)6-11(14)15/h8-9H,4-7H2,1-3H3,(H,12,13)(H,14,15). The third-order valence-corrected chi connectivity index (χ3v) is 3.18. The minimum atomic E-state index is -0.852. The summed E-state index contributed by atoms with van der Waals surface area (Å²) in [7, 11) is 0. The average molecular weight is 247 g/mol. The molecule has 5 heteroatoms. The Morgan fingerprint density at radius 3 is 2.44 bits per heavy atom. The maximum Gasteiger partial charge on any atom is 0.303 e. The van der Waals surface area contributed by atoms with Crippen molar-refractivity contribution >= 4 is 23.6 Å².